The molecule has 0 radical (unpaired) electrons. The van der Waals surface area contributed by atoms with Crippen LogP contribution in [0.1, 0.15) is 10.4 Å². The number of Topliss-reactive ketones (excluding diaryl/α,β-unsaturated/α-hetero) is 1. The van der Waals surface area contributed by atoms with Crippen LogP contribution < -0.4 is 4.74 Å². The van der Waals surface area contributed by atoms with Crippen molar-refractivity contribution in [3.05, 3.63) is 63.5 Å². The molecule has 128 valence electrons. The number of nitrogens with zero attached hydrogens (tertiary/aromatic N) is 1. The maximum Gasteiger partial charge on any atom is 0.173 e. The van der Waals surface area contributed by atoms with Crippen molar-refractivity contribution in [1.82, 2.24) is 4.98 Å². The Morgan fingerprint density at radius 2 is 1.96 bits per heavy atom. The van der Waals surface area contributed by atoms with Gasteiger partial charge in [-0.15, -0.1) is 11.3 Å². The SMILES string of the molecule is COc1ccc(C(=O)CSc2nc(-c3ccc(Cl)cc3Cl)cs2)cc1. The Balaban J connectivity index is 1.66. The molecule has 0 fully saturated rings. The molecule has 0 unspecified atom stereocenters. The minimum atomic E-state index is 0.0499. The summed E-state index contributed by atoms with van der Waals surface area (Å²) >= 11 is 15.0. The van der Waals surface area contributed by atoms with Gasteiger partial charge in [0.15, 0.2) is 10.1 Å². The van der Waals surface area contributed by atoms with Gasteiger partial charge in [-0.05, 0) is 42.5 Å². The van der Waals surface area contributed by atoms with Gasteiger partial charge in [0.1, 0.15) is 5.75 Å². The first-order valence-corrected chi connectivity index (χ1v) is 9.90. The fraction of sp³-hybridized carbons (Fsp3) is 0.111. The number of carbonyl (C=O) groups is 1. The average molecular weight is 410 g/mol. The molecule has 0 amide bonds. The molecule has 0 aliphatic rings. The van der Waals surface area contributed by atoms with Gasteiger partial charge in [0.2, 0.25) is 0 Å². The highest BCUT2D eigenvalue weighted by molar-refractivity contribution is 8.01. The Morgan fingerprint density at radius 1 is 1.20 bits per heavy atom. The topological polar surface area (TPSA) is 39.2 Å². The second kappa shape index (κ2) is 8.23. The predicted octanol–water partition coefficient (Wildman–Crippen LogP) is 6.10. The van der Waals surface area contributed by atoms with E-state index < -0.39 is 0 Å². The number of benzene rings is 2. The van der Waals surface area contributed by atoms with Crippen molar-refractivity contribution in [3.8, 4) is 17.0 Å². The number of hydrogen-bond donors (Lipinski definition) is 0. The monoisotopic (exact) mass is 409 g/mol. The number of ether oxygens (including phenoxy) is 1. The standard InChI is InChI=1S/C18H13Cl2NO2S2/c1-23-13-5-2-11(3-6-13)17(22)10-25-18-21-16(9-24-18)14-7-4-12(19)8-15(14)20/h2-9H,10H2,1H3. The van der Waals surface area contributed by atoms with Crippen molar-refractivity contribution in [2.24, 2.45) is 0 Å². The molecule has 0 saturated carbocycles. The van der Waals surface area contributed by atoms with Crippen LogP contribution in [0.25, 0.3) is 11.3 Å². The second-order valence-corrected chi connectivity index (χ2v) is 7.99. The Hall–Kier alpha value is -1.53. The maximum absolute atomic E-state index is 12.3. The van der Waals surface area contributed by atoms with E-state index in [0.29, 0.717) is 21.4 Å². The van der Waals surface area contributed by atoms with Gasteiger partial charge in [0, 0.05) is 21.5 Å². The van der Waals surface area contributed by atoms with Gasteiger partial charge in [0.25, 0.3) is 0 Å². The van der Waals surface area contributed by atoms with Crippen LogP contribution in [0.3, 0.4) is 0 Å². The largest absolute Gasteiger partial charge is 0.497 e. The molecule has 7 heteroatoms. The molecule has 2 aromatic carbocycles. The average Bonchev–Trinajstić information content (AvgIpc) is 3.08. The summed E-state index contributed by atoms with van der Waals surface area (Å²) in [5.74, 6) is 1.11. The van der Waals surface area contributed by atoms with Crippen LogP contribution in [0.4, 0.5) is 0 Å². The van der Waals surface area contributed by atoms with Crippen LogP contribution in [0.15, 0.2) is 52.2 Å². The van der Waals surface area contributed by atoms with E-state index in [0.717, 1.165) is 21.3 Å². The molecule has 25 heavy (non-hydrogen) atoms. The first-order chi connectivity index (χ1) is 12.1. The van der Waals surface area contributed by atoms with E-state index in [1.807, 2.05) is 11.4 Å². The fourth-order valence-corrected chi connectivity index (χ4v) is 4.36. The van der Waals surface area contributed by atoms with E-state index in [1.54, 1.807) is 43.5 Å². The second-order valence-electron chi connectivity index (χ2n) is 5.06. The third-order valence-corrected chi connectivity index (χ3v) is 6.00. The summed E-state index contributed by atoms with van der Waals surface area (Å²) < 4.78 is 5.92. The number of rotatable bonds is 6. The highest BCUT2D eigenvalue weighted by Gasteiger charge is 2.12. The number of ketones is 1. The van der Waals surface area contributed by atoms with Gasteiger partial charge in [0.05, 0.1) is 23.6 Å². The van der Waals surface area contributed by atoms with Crippen molar-refractivity contribution in [2.75, 3.05) is 12.9 Å². The molecule has 0 saturated heterocycles. The van der Waals surface area contributed by atoms with Gasteiger partial charge >= 0.3 is 0 Å². The van der Waals surface area contributed by atoms with Crippen LogP contribution in [0.2, 0.25) is 10.0 Å². The quantitative estimate of drug-likeness (QED) is 0.364. The Kier molecular flexibility index (Phi) is 6.02. The van der Waals surface area contributed by atoms with Gasteiger partial charge < -0.3 is 4.74 Å². The first kappa shape index (κ1) is 18.3. The molecular weight excluding hydrogens is 397 g/mol. The summed E-state index contributed by atoms with van der Waals surface area (Å²) in [6.45, 7) is 0. The lowest BCUT2D eigenvalue weighted by Gasteiger charge is -2.02. The molecule has 0 aliphatic carbocycles. The van der Waals surface area contributed by atoms with E-state index >= 15 is 0 Å². The number of thiazole rings is 1. The van der Waals surface area contributed by atoms with E-state index in [2.05, 4.69) is 4.98 Å². The van der Waals surface area contributed by atoms with Crippen molar-refractivity contribution < 1.29 is 9.53 Å². The summed E-state index contributed by atoms with van der Waals surface area (Å²) in [5.41, 5.74) is 2.27. The molecule has 1 aromatic heterocycles. The van der Waals surface area contributed by atoms with Crippen LogP contribution in [-0.4, -0.2) is 23.6 Å². The molecule has 1 heterocycles. The number of methoxy groups -OCH3 is 1. The highest BCUT2D eigenvalue weighted by Crippen LogP contribution is 2.33. The zero-order valence-corrected chi connectivity index (χ0v) is 16.3. The van der Waals surface area contributed by atoms with E-state index in [-0.39, 0.29) is 5.78 Å². The molecule has 0 N–H and O–H groups in total. The van der Waals surface area contributed by atoms with Crippen molar-refractivity contribution in [2.45, 2.75) is 4.34 Å². The number of halogens is 2. The molecule has 3 nitrogen and oxygen atoms in total. The molecule has 3 rings (SSSR count). The molecular formula is C18H13Cl2NO2S2. The molecule has 3 aromatic rings. The molecule has 0 atom stereocenters. The highest BCUT2D eigenvalue weighted by atomic mass is 35.5. The summed E-state index contributed by atoms with van der Waals surface area (Å²) in [6.07, 6.45) is 0. The zero-order chi connectivity index (χ0) is 17.8. The summed E-state index contributed by atoms with van der Waals surface area (Å²) in [5, 5.41) is 3.07. The minimum absolute atomic E-state index is 0.0499. The summed E-state index contributed by atoms with van der Waals surface area (Å²) in [4.78, 5) is 16.8. The summed E-state index contributed by atoms with van der Waals surface area (Å²) in [7, 11) is 1.60. The van der Waals surface area contributed by atoms with Gasteiger partial charge in [-0.3, -0.25) is 4.79 Å². The Morgan fingerprint density at radius 3 is 2.64 bits per heavy atom. The molecule has 0 spiro atoms. The van der Waals surface area contributed by atoms with Gasteiger partial charge in [-0.25, -0.2) is 4.98 Å². The lowest BCUT2D eigenvalue weighted by atomic mass is 10.1. The van der Waals surface area contributed by atoms with Crippen molar-refractivity contribution >= 4 is 52.1 Å². The number of hydrogen-bond acceptors (Lipinski definition) is 5. The van der Waals surface area contributed by atoms with Crippen molar-refractivity contribution in [3.63, 3.8) is 0 Å². The minimum Gasteiger partial charge on any atom is -0.497 e. The first-order valence-electron chi connectivity index (χ1n) is 7.28. The van der Waals surface area contributed by atoms with Crippen LogP contribution in [-0.2, 0) is 0 Å². The van der Waals surface area contributed by atoms with E-state index in [4.69, 9.17) is 27.9 Å². The fourth-order valence-electron chi connectivity index (χ4n) is 2.13. The van der Waals surface area contributed by atoms with E-state index in [1.165, 1.54) is 23.1 Å². The van der Waals surface area contributed by atoms with Crippen LogP contribution in [0, 0.1) is 0 Å². The smallest absolute Gasteiger partial charge is 0.173 e. The molecule has 0 bridgehead atoms. The Bertz CT molecular complexity index is 894. The number of aromatic nitrogens is 1. The Labute approximate surface area is 164 Å². The van der Waals surface area contributed by atoms with Gasteiger partial charge in [-0.1, -0.05) is 35.0 Å². The lowest BCUT2D eigenvalue weighted by molar-refractivity contribution is 0.102. The van der Waals surface area contributed by atoms with Crippen molar-refractivity contribution in [1.29, 1.82) is 0 Å². The lowest BCUT2D eigenvalue weighted by Crippen LogP contribution is -2.02. The third-order valence-electron chi connectivity index (χ3n) is 3.43. The van der Waals surface area contributed by atoms with Crippen LogP contribution >= 0.6 is 46.3 Å². The number of thioether (sulfide) groups is 1. The van der Waals surface area contributed by atoms with Gasteiger partial charge in [-0.2, -0.15) is 0 Å². The predicted molar refractivity (Wildman–Crippen MR) is 106 cm³/mol. The van der Waals surface area contributed by atoms with Crippen LogP contribution in [0.5, 0.6) is 5.75 Å². The summed E-state index contributed by atoms with van der Waals surface area (Å²) in [6, 6.07) is 12.4. The van der Waals surface area contributed by atoms with E-state index in [9.17, 15) is 4.79 Å². The molecule has 0 aliphatic heterocycles. The normalized spacial score (nSPS) is 10.7. The number of carbonyl (C=O) groups excluding carboxylic acids is 1. The zero-order valence-electron chi connectivity index (χ0n) is 13.2. The maximum atomic E-state index is 12.3. The third kappa shape index (κ3) is 4.55.